The number of hydrogen-bond acceptors (Lipinski definition) is 2. The van der Waals surface area contributed by atoms with Crippen LogP contribution in [0.3, 0.4) is 0 Å². The molecule has 0 bridgehead atoms. The summed E-state index contributed by atoms with van der Waals surface area (Å²) in [7, 11) is 0. The lowest BCUT2D eigenvalue weighted by atomic mass is 9.70. The van der Waals surface area contributed by atoms with Gasteiger partial charge in [-0.25, -0.2) is 4.98 Å². The molecule has 0 radical (unpaired) electrons. The van der Waals surface area contributed by atoms with Crippen LogP contribution in [0.5, 0.6) is 0 Å². The summed E-state index contributed by atoms with van der Waals surface area (Å²) in [5.41, 5.74) is 23.0. The van der Waals surface area contributed by atoms with E-state index in [0.717, 1.165) is 66.7 Å². The molecule has 9 aromatic carbocycles. The minimum absolute atomic E-state index is 0.380. The van der Waals surface area contributed by atoms with Crippen LogP contribution in [-0.2, 0) is 5.41 Å². The third-order valence-corrected chi connectivity index (χ3v) is 13.3. The largest absolute Gasteiger partial charge is 0.456 e. The molecule has 62 heavy (non-hydrogen) atoms. The van der Waals surface area contributed by atoms with Crippen molar-refractivity contribution in [1.82, 2.24) is 4.98 Å². The Morgan fingerprint density at radius 3 is 1.60 bits per heavy atom. The third kappa shape index (κ3) is 5.01. The van der Waals surface area contributed by atoms with E-state index >= 15 is 0 Å². The summed E-state index contributed by atoms with van der Waals surface area (Å²) in [6.45, 7) is 0. The molecule has 2 aliphatic rings. The van der Waals surface area contributed by atoms with Crippen molar-refractivity contribution in [3.05, 3.63) is 247 Å². The van der Waals surface area contributed by atoms with Crippen LogP contribution < -0.4 is 0 Å². The van der Waals surface area contributed by atoms with Gasteiger partial charge in [-0.3, -0.25) is 0 Å². The second-order valence-corrected chi connectivity index (χ2v) is 16.5. The molecule has 0 atom stereocenters. The number of pyridine rings is 1. The topological polar surface area (TPSA) is 26.0 Å². The molecule has 0 saturated carbocycles. The van der Waals surface area contributed by atoms with Crippen molar-refractivity contribution >= 4 is 21.9 Å². The number of aromatic nitrogens is 1. The summed E-state index contributed by atoms with van der Waals surface area (Å²) in [4.78, 5) is 5.32. The summed E-state index contributed by atoms with van der Waals surface area (Å²) in [5, 5.41) is 2.14. The molecular weight excluding hydrogens is 751 g/mol. The zero-order chi connectivity index (χ0) is 40.8. The van der Waals surface area contributed by atoms with E-state index in [1.54, 1.807) is 0 Å². The van der Waals surface area contributed by atoms with Crippen LogP contribution in [0.2, 0.25) is 0 Å². The van der Waals surface area contributed by atoms with Crippen molar-refractivity contribution in [2.75, 3.05) is 0 Å². The molecule has 0 aliphatic heterocycles. The van der Waals surface area contributed by atoms with Gasteiger partial charge in [0.2, 0.25) is 0 Å². The Hall–Kier alpha value is -8.07. The van der Waals surface area contributed by atoms with Crippen molar-refractivity contribution in [2.45, 2.75) is 5.41 Å². The molecule has 2 aromatic heterocycles. The molecule has 13 rings (SSSR count). The van der Waals surface area contributed by atoms with E-state index in [4.69, 9.17) is 9.40 Å². The summed E-state index contributed by atoms with van der Waals surface area (Å²) in [6, 6.07) is 81.4. The molecule has 0 amide bonds. The van der Waals surface area contributed by atoms with Gasteiger partial charge < -0.3 is 4.42 Å². The van der Waals surface area contributed by atoms with Crippen LogP contribution in [0, 0.1) is 0 Å². The van der Waals surface area contributed by atoms with Gasteiger partial charge in [0.05, 0.1) is 16.8 Å². The zero-order valence-electron chi connectivity index (χ0n) is 33.7. The van der Waals surface area contributed by atoms with E-state index < -0.39 is 0 Å². The summed E-state index contributed by atoms with van der Waals surface area (Å²) < 4.78 is 6.58. The van der Waals surface area contributed by atoms with Crippen molar-refractivity contribution < 1.29 is 4.42 Å². The fourth-order valence-corrected chi connectivity index (χ4v) is 10.7. The van der Waals surface area contributed by atoms with Gasteiger partial charge in [-0.1, -0.05) is 188 Å². The molecular formula is C60H37NO. The monoisotopic (exact) mass is 787 g/mol. The molecule has 0 unspecified atom stereocenters. The highest BCUT2D eigenvalue weighted by Gasteiger charge is 2.51. The average Bonchev–Trinajstić information content (AvgIpc) is 3.98. The average molecular weight is 788 g/mol. The number of benzene rings is 9. The first-order chi connectivity index (χ1) is 30.7. The summed E-state index contributed by atoms with van der Waals surface area (Å²) >= 11 is 0. The van der Waals surface area contributed by atoms with E-state index in [0.29, 0.717) is 0 Å². The zero-order valence-corrected chi connectivity index (χ0v) is 33.7. The highest BCUT2D eigenvalue weighted by molar-refractivity contribution is 6.13. The number of fused-ring (bicyclic) bond motifs is 13. The number of nitrogens with zero attached hydrogens (tertiary/aromatic N) is 1. The molecule has 1 spiro atoms. The minimum atomic E-state index is -0.380. The molecule has 0 fully saturated rings. The molecule has 2 nitrogen and oxygen atoms in total. The van der Waals surface area contributed by atoms with E-state index in [1.165, 1.54) is 55.6 Å². The molecule has 11 aromatic rings. The maximum atomic E-state index is 6.58. The van der Waals surface area contributed by atoms with Crippen LogP contribution in [0.4, 0.5) is 0 Å². The van der Waals surface area contributed by atoms with Crippen LogP contribution in [0.25, 0.3) is 100 Å². The molecule has 2 heterocycles. The molecule has 288 valence electrons. The van der Waals surface area contributed by atoms with Crippen molar-refractivity contribution in [3.8, 4) is 78.1 Å². The van der Waals surface area contributed by atoms with Gasteiger partial charge in [-0.05, 0) is 114 Å². The van der Waals surface area contributed by atoms with Crippen molar-refractivity contribution in [3.63, 3.8) is 0 Å². The second-order valence-electron chi connectivity index (χ2n) is 16.5. The number of hydrogen-bond donors (Lipinski definition) is 0. The first kappa shape index (κ1) is 34.8. The van der Waals surface area contributed by atoms with Gasteiger partial charge in [-0.15, -0.1) is 0 Å². The van der Waals surface area contributed by atoms with E-state index in [-0.39, 0.29) is 5.41 Å². The number of rotatable bonds is 5. The lowest BCUT2D eigenvalue weighted by Crippen LogP contribution is -2.25. The predicted octanol–water partition coefficient (Wildman–Crippen LogP) is 15.7. The van der Waals surface area contributed by atoms with Gasteiger partial charge in [0.15, 0.2) is 0 Å². The fraction of sp³-hybridized carbons (Fsp3) is 0.0167. The minimum Gasteiger partial charge on any atom is -0.456 e. The van der Waals surface area contributed by atoms with Gasteiger partial charge >= 0.3 is 0 Å². The second kappa shape index (κ2) is 13.5. The summed E-state index contributed by atoms with van der Waals surface area (Å²) in [6.07, 6.45) is 0. The normalized spacial score (nSPS) is 13.0. The third-order valence-electron chi connectivity index (χ3n) is 13.3. The highest BCUT2D eigenvalue weighted by Crippen LogP contribution is 2.64. The Balaban J connectivity index is 0.967. The highest BCUT2D eigenvalue weighted by atomic mass is 16.3. The van der Waals surface area contributed by atoms with E-state index in [9.17, 15) is 0 Å². The van der Waals surface area contributed by atoms with Crippen LogP contribution in [0.15, 0.2) is 229 Å². The molecule has 0 saturated heterocycles. The first-order valence-corrected chi connectivity index (χ1v) is 21.4. The van der Waals surface area contributed by atoms with E-state index in [2.05, 4.69) is 218 Å². The lowest BCUT2D eigenvalue weighted by molar-refractivity contribution is 0.669. The van der Waals surface area contributed by atoms with Gasteiger partial charge in [0.1, 0.15) is 11.2 Å². The van der Waals surface area contributed by atoms with Gasteiger partial charge in [-0.2, -0.15) is 0 Å². The number of furan rings is 1. The van der Waals surface area contributed by atoms with Gasteiger partial charge in [0, 0.05) is 21.9 Å². The predicted molar refractivity (Wildman–Crippen MR) is 255 cm³/mol. The van der Waals surface area contributed by atoms with Crippen LogP contribution in [0.1, 0.15) is 22.3 Å². The Labute approximate surface area is 360 Å². The lowest BCUT2D eigenvalue weighted by Gasteiger charge is -2.30. The molecule has 2 aliphatic carbocycles. The van der Waals surface area contributed by atoms with Crippen LogP contribution >= 0.6 is 0 Å². The maximum absolute atomic E-state index is 6.58. The Morgan fingerprint density at radius 1 is 0.306 bits per heavy atom. The fourth-order valence-electron chi connectivity index (χ4n) is 10.7. The standard InChI is InChI=1S/C60H37NO/c1-3-16-38(17-4-1)43-36-54(39-18-5-2-6-19-39)61-55(37-43)48-26-15-31-57-59(48)49-35-41(32-33-56(49)62-57)40-20-13-21-42(34-40)44-25-14-30-53-58(44)47-24-9-12-29-52(47)60(53)50-27-10-7-22-45(50)46-23-8-11-28-51(46)60/h1-37H. The first-order valence-electron chi connectivity index (χ1n) is 21.4. The smallest absolute Gasteiger partial charge is 0.136 e. The quantitative estimate of drug-likeness (QED) is 0.174. The van der Waals surface area contributed by atoms with Gasteiger partial charge in [0.25, 0.3) is 0 Å². The maximum Gasteiger partial charge on any atom is 0.136 e. The summed E-state index contributed by atoms with van der Waals surface area (Å²) in [5.74, 6) is 0. The Kier molecular flexibility index (Phi) is 7.55. The van der Waals surface area contributed by atoms with E-state index in [1.807, 2.05) is 6.07 Å². The van der Waals surface area contributed by atoms with Crippen molar-refractivity contribution in [2.24, 2.45) is 0 Å². The van der Waals surface area contributed by atoms with Crippen LogP contribution in [-0.4, -0.2) is 4.98 Å². The molecule has 0 N–H and O–H groups in total. The molecule has 2 heteroatoms. The van der Waals surface area contributed by atoms with Crippen molar-refractivity contribution in [1.29, 1.82) is 0 Å². The SMILES string of the molecule is c1ccc(-c2cc(-c3ccccc3)nc(-c3cccc4oc5ccc(-c6cccc(-c7cccc8c7-c7ccccc7C87c8ccccc8-c8ccccc87)c6)cc5c34)c2)cc1. The Morgan fingerprint density at radius 2 is 0.839 bits per heavy atom. The Bertz CT molecular complexity index is 3480.